The van der Waals surface area contributed by atoms with E-state index in [1.54, 1.807) is 11.8 Å². The first kappa shape index (κ1) is 22.1. The summed E-state index contributed by atoms with van der Waals surface area (Å²) in [4.78, 5) is 11.8. The molecule has 0 atom stereocenters. The number of sulfonamides is 1. The molecule has 1 heterocycles. The highest BCUT2D eigenvalue weighted by Crippen LogP contribution is 2.35. The number of hydrogen-bond acceptors (Lipinski definition) is 4. The molecule has 11 heteroatoms. The number of hydrogen-bond donors (Lipinski definition) is 1. The van der Waals surface area contributed by atoms with Crippen LogP contribution in [-0.4, -0.2) is 55.5 Å². The zero-order valence-electron chi connectivity index (χ0n) is 14.1. The Balaban J connectivity index is 1.88. The van der Waals surface area contributed by atoms with Gasteiger partial charge in [-0.25, -0.2) is 12.7 Å². The highest BCUT2D eigenvalue weighted by atomic mass is 35.5. The van der Waals surface area contributed by atoms with Crippen LogP contribution in [0.1, 0.15) is 11.1 Å². The molecular weight excluding hydrogens is 425 g/mol. The maximum absolute atomic E-state index is 12.8. The Kier molecular flexibility index (Phi) is 7.61. The molecule has 150 valence electrons. The predicted octanol–water partition coefficient (Wildman–Crippen LogP) is 2.87. The van der Waals surface area contributed by atoms with Gasteiger partial charge in [-0.05, 0) is 23.8 Å². The lowest BCUT2D eigenvalue weighted by molar-refractivity contribution is -0.137. The first-order valence-corrected chi connectivity index (χ1v) is 11.1. The van der Waals surface area contributed by atoms with Gasteiger partial charge in [-0.1, -0.05) is 17.7 Å². The van der Waals surface area contributed by atoms with Crippen molar-refractivity contribution < 1.29 is 26.4 Å². The van der Waals surface area contributed by atoms with Gasteiger partial charge in [0, 0.05) is 37.2 Å². The van der Waals surface area contributed by atoms with Crippen molar-refractivity contribution in [2.75, 3.05) is 36.9 Å². The predicted molar refractivity (Wildman–Crippen MR) is 101 cm³/mol. The van der Waals surface area contributed by atoms with Gasteiger partial charge in [0.25, 0.3) is 0 Å². The molecule has 5 nitrogen and oxygen atoms in total. The second-order valence-corrected chi connectivity index (χ2v) is 9.41. The number of halogens is 4. The number of carbonyl (C=O) groups excluding carboxylic acids is 1. The summed E-state index contributed by atoms with van der Waals surface area (Å²) in [5.74, 6) is 0.670. The third-order valence-corrected chi connectivity index (χ3v) is 6.89. The van der Waals surface area contributed by atoms with Crippen molar-refractivity contribution >= 4 is 45.4 Å². The van der Waals surface area contributed by atoms with Gasteiger partial charge in [0.15, 0.2) is 0 Å². The Bertz CT molecular complexity index is 808. The smallest absolute Gasteiger partial charge is 0.351 e. The summed E-state index contributed by atoms with van der Waals surface area (Å²) in [7, 11) is -3.43. The van der Waals surface area contributed by atoms with Crippen molar-refractivity contribution in [1.82, 2.24) is 9.62 Å². The van der Waals surface area contributed by atoms with E-state index in [0.29, 0.717) is 13.1 Å². The Hall–Kier alpha value is -1.23. The van der Waals surface area contributed by atoms with Crippen molar-refractivity contribution in [3.63, 3.8) is 0 Å². The molecule has 1 fully saturated rings. The van der Waals surface area contributed by atoms with Crippen molar-refractivity contribution in [2.24, 2.45) is 0 Å². The van der Waals surface area contributed by atoms with Gasteiger partial charge < -0.3 is 5.32 Å². The summed E-state index contributed by atoms with van der Waals surface area (Å²) in [6, 6.07) is 3.29. The highest BCUT2D eigenvalue weighted by Gasteiger charge is 2.33. The second kappa shape index (κ2) is 9.31. The molecule has 1 aliphatic rings. The van der Waals surface area contributed by atoms with E-state index in [4.69, 9.17) is 11.6 Å². The molecule has 0 aliphatic carbocycles. The summed E-state index contributed by atoms with van der Waals surface area (Å²) in [6.45, 7) is 0.835. The summed E-state index contributed by atoms with van der Waals surface area (Å²) in [6.07, 6.45) is -2.34. The minimum Gasteiger partial charge on any atom is -0.351 e. The fourth-order valence-electron chi connectivity index (χ4n) is 2.35. The number of benzene rings is 1. The normalized spacial score (nSPS) is 16.6. The van der Waals surface area contributed by atoms with E-state index in [2.05, 4.69) is 5.32 Å². The SMILES string of the molecule is O=C(/C=C/c1ccc(Cl)c(C(F)(F)F)c1)NCCS(=O)(=O)N1CCSCC1. The molecule has 0 radical (unpaired) electrons. The summed E-state index contributed by atoms with van der Waals surface area (Å²) in [5.41, 5.74) is -0.835. The van der Waals surface area contributed by atoms with Crippen molar-refractivity contribution in [2.45, 2.75) is 6.18 Å². The van der Waals surface area contributed by atoms with Crippen molar-refractivity contribution in [3.05, 3.63) is 40.4 Å². The van der Waals surface area contributed by atoms with Gasteiger partial charge in [-0.15, -0.1) is 0 Å². The van der Waals surface area contributed by atoms with E-state index in [0.717, 1.165) is 29.7 Å². The van der Waals surface area contributed by atoms with E-state index >= 15 is 0 Å². The number of thioether (sulfide) groups is 1. The quantitative estimate of drug-likeness (QED) is 0.688. The van der Waals surface area contributed by atoms with Crippen LogP contribution in [0.25, 0.3) is 6.08 Å². The first-order chi connectivity index (χ1) is 12.6. The van der Waals surface area contributed by atoms with Gasteiger partial charge in [0.05, 0.1) is 16.3 Å². The molecular formula is C16H18ClF3N2O3S2. The van der Waals surface area contributed by atoms with Gasteiger partial charge in [0.2, 0.25) is 15.9 Å². The summed E-state index contributed by atoms with van der Waals surface area (Å²) >= 11 is 7.22. The number of nitrogens with one attached hydrogen (secondary N) is 1. The molecule has 0 unspecified atom stereocenters. The maximum Gasteiger partial charge on any atom is 0.417 e. The van der Waals surface area contributed by atoms with Gasteiger partial charge in [-0.3, -0.25) is 4.79 Å². The molecule has 0 aromatic heterocycles. The number of rotatable bonds is 6. The Morgan fingerprint density at radius 3 is 2.59 bits per heavy atom. The number of alkyl halides is 3. The second-order valence-electron chi connectivity index (χ2n) is 5.69. The molecule has 1 aliphatic heterocycles. The molecule has 1 aromatic rings. The minimum atomic E-state index is -4.59. The third-order valence-electron chi connectivity index (χ3n) is 3.75. The average Bonchev–Trinajstić information content (AvgIpc) is 2.60. The molecule has 1 amide bonds. The molecule has 1 saturated heterocycles. The van der Waals surface area contributed by atoms with Gasteiger partial charge >= 0.3 is 6.18 Å². The lowest BCUT2D eigenvalue weighted by Gasteiger charge is -2.25. The number of nitrogens with zero attached hydrogens (tertiary/aromatic N) is 1. The molecule has 0 saturated carbocycles. The summed E-state index contributed by atoms with van der Waals surface area (Å²) < 4.78 is 64.1. The number of amides is 1. The van der Waals surface area contributed by atoms with E-state index in [1.807, 2.05) is 0 Å². The van der Waals surface area contributed by atoms with E-state index in [9.17, 15) is 26.4 Å². The topological polar surface area (TPSA) is 66.5 Å². The lowest BCUT2D eigenvalue weighted by Crippen LogP contribution is -2.41. The average molecular weight is 443 g/mol. The van der Waals surface area contributed by atoms with Crippen LogP contribution in [0.4, 0.5) is 13.2 Å². The largest absolute Gasteiger partial charge is 0.417 e. The first-order valence-electron chi connectivity index (χ1n) is 7.98. The summed E-state index contributed by atoms with van der Waals surface area (Å²) in [5, 5.41) is 1.99. The van der Waals surface area contributed by atoms with Crippen LogP contribution >= 0.6 is 23.4 Å². The Labute approximate surface area is 165 Å². The lowest BCUT2D eigenvalue weighted by atomic mass is 10.1. The van der Waals surface area contributed by atoms with Crippen LogP contribution in [-0.2, 0) is 21.0 Å². The monoisotopic (exact) mass is 442 g/mol. The fourth-order valence-corrected chi connectivity index (χ4v) is 5.07. The van der Waals surface area contributed by atoms with E-state index in [-0.39, 0.29) is 17.9 Å². The van der Waals surface area contributed by atoms with Crippen molar-refractivity contribution in [1.29, 1.82) is 0 Å². The molecule has 0 bridgehead atoms. The Morgan fingerprint density at radius 2 is 1.96 bits per heavy atom. The molecule has 27 heavy (non-hydrogen) atoms. The highest BCUT2D eigenvalue weighted by molar-refractivity contribution is 7.99. The fraction of sp³-hybridized carbons (Fsp3) is 0.438. The molecule has 0 spiro atoms. The van der Waals surface area contributed by atoms with Gasteiger partial charge in [-0.2, -0.15) is 24.9 Å². The number of carbonyl (C=O) groups is 1. The van der Waals surface area contributed by atoms with Crippen LogP contribution in [0.3, 0.4) is 0 Å². The third kappa shape index (κ3) is 6.70. The van der Waals surface area contributed by atoms with Crippen molar-refractivity contribution in [3.8, 4) is 0 Å². The van der Waals surface area contributed by atoms with Crippen LogP contribution in [0.15, 0.2) is 24.3 Å². The van der Waals surface area contributed by atoms with Crippen LogP contribution in [0.5, 0.6) is 0 Å². The molecule has 1 N–H and O–H groups in total. The zero-order chi connectivity index (χ0) is 20.1. The van der Waals surface area contributed by atoms with Gasteiger partial charge in [0.1, 0.15) is 0 Å². The molecule has 1 aromatic carbocycles. The maximum atomic E-state index is 12.8. The van der Waals surface area contributed by atoms with Crippen LogP contribution < -0.4 is 5.32 Å². The zero-order valence-corrected chi connectivity index (χ0v) is 16.5. The van der Waals surface area contributed by atoms with E-state index in [1.165, 1.54) is 16.4 Å². The Morgan fingerprint density at radius 1 is 1.30 bits per heavy atom. The standard InChI is InChI=1S/C16H18ClF3N2O3S2/c17-14-3-1-12(11-13(14)16(18,19)20)2-4-15(23)21-5-10-27(24,25)22-6-8-26-9-7-22/h1-4,11H,5-10H2,(H,21,23)/b4-2+. The van der Waals surface area contributed by atoms with E-state index < -0.39 is 32.7 Å². The molecule has 2 rings (SSSR count). The minimum absolute atomic E-state index is 0.0798. The van der Waals surface area contributed by atoms with Crippen LogP contribution in [0.2, 0.25) is 5.02 Å². The van der Waals surface area contributed by atoms with Crippen LogP contribution in [0, 0.1) is 0 Å².